The van der Waals surface area contributed by atoms with Crippen molar-refractivity contribution >= 4 is 0 Å². The Morgan fingerprint density at radius 1 is 0.667 bits per heavy atom. The average molecular weight is 367 g/mol. The van der Waals surface area contributed by atoms with Gasteiger partial charge in [0.1, 0.15) is 0 Å². The molecule has 1 aromatic heterocycles. The van der Waals surface area contributed by atoms with Gasteiger partial charge in [0, 0.05) is 6.20 Å². The molecule has 0 amide bonds. The number of pyridine rings is 1. The summed E-state index contributed by atoms with van der Waals surface area (Å²) in [5.41, 5.74) is 2.66. The van der Waals surface area contributed by atoms with E-state index < -0.39 is 0 Å². The zero-order chi connectivity index (χ0) is 19.4. The first kappa shape index (κ1) is 18.4. The van der Waals surface area contributed by atoms with Crippen LogP contribution in [0.15, 0.2) is 53.5 Å². The number of nitrogens with one attached hydrogen (secondary N) is 1. The van der Waals surface area contributed by atoms with Crippen molar-refractivity contribution in [1.82, 2.24) is 4.98 Å². The van der Waals surface area contributed by atoms with E-state index in [4.69, 9.17) is 18.9 Å². The summed E-state index contributed by atoms with van der Waals surface area (Å²) in [5, 5.41) is 0. The molecule has 6 nitrogen and oxygen atoms in total. The Labute approximate surface area is 157 Å². The van der Waals surface area contributed by atoms with Crippen molar-refractivity contribution in [2.75, 3.05) is 28.4 Å². The molecule has 1 heterocycles. The van der Waals surface area contributed by atoms with Crippen LogP contribution in [0.2, 0.25) is 0 Å². The van der Waals surface area contributed by atoms with Crippen molar-refractivity contribution in [2.45, 2.75) is 0 Å². The lowest BCUT2D eigenvalue weighted by molar-refractivity contribution is 0.355. The van der Waals surface area contributed by atoms with Crippen molar-refractivity contribution in [3.05, 3.63) is 59.0 Å². The summed E-state index contributed by atoms with van der Waals surface area (Å²) in [6.45, 7) is 0. The second kappa shape index (κ2) is 7.86. The number of ether oxygens (including phenoxy) is 4. The summed E-state index contributed by atoms with van der Waals surface area (Å²) in [7, 11) is 6.29. The molecule has 3 aromatic rings. The molecule has 0 spiro atoms. The highest BCUT2D eigenvalue weighted by Gasteiger charge is 2.16. The molecule has 0 atom stereocenters. The second-order valence-corrected chi connectivity index (χ2v) is 5.73. The molecule has 0 saturated heterocycles. The first-order valence-electron chi connectivity index (χ1n) is 8.29. The van der Waals surface area contributed by atoms with Gasteiger partial charge in [0.2, 0.25) is 0 Å². The maximum absolute atomic E-state index is 12.7. The van der Waals surface area contributed by atoms with Crippen LogP contribution in [-0.2, 0) is 0 Å². The monoisotopic (exact) mass is 367 g/mol. The zero-order valence-corrected chi connectivity index (χ0v) is 15.7. The molecule has 0 saturated carbocycles. The van der Waals surface area contributed by atoms with E-state index in [0.717, 1.165) is 16.7 Å². The summed E-state index contributed by atoms with van der Waals surface area (Å²) < 4.78 is 21.4. The second-order valence-electron chi connectivity index (χ2n) is 5.73. The van der Waals surface area contributed by atoms with Crippen molar-refractivity contribution in [3.8, 4) is 45.3 Å². The third-order valence-corrected chi connectivity index (χ3v) is 4.33. The molecule has 0 bridgehead atoms. The topological polar surface area (TPSA) is 69.8 Å². The third kappa shape index (κ3) is 3.46. The van der Waals surface area contributed by atoms with Crippen LogP contribution in [-0.4, -0.2) is 33.4 Å². The molecule has 0 unspecified atom stereocenters. The number of methoxy groups -OCH3 is 4. The highest BCUT2D eigenvalue weighted by atomic mass is 16.5. The first-order chi connectivity index (χ1) is 13.1. The molecular weight excluding hydrogens is 346 g/mol. The highest BCUT2D eigenvalue weighted by molar-refractivity contribution is 5.84. The Bertz CT molecular complexity index is 1010. The zero-order valence-electron chi connectivity index (χ0n) is 15.7. The normalized spacial score (nSPS) is 10.4. The van der Waals surface area contributed by atoms with Crippen molar-refractivity contribution in [2.24, 2.45) is 0 Å². The standard InChI is InChI=1S/C21H21NO5/c1-24-16-7-5-13(11-18(16)26-3)15-9-10-22-21(23)20(15)14-6-8-17(25-2)19(12-14)27-4/h5-12H,1-4H3,(H,22,23). The molecule has 0 fully saturated rings. The molecule has 3 rings (SSSR count). The largest absolute Gasteiger partial charge is 0.493 e. The van der Waals surface area contributed by atoms with Gasteiger partial charge in [0.25, 0.3) is 5.56 Å². The lowest BCUT2D eigenvalue weighted by Crippen LogP contribution is -2.09. The molecular formula is C21H21NO5. The van der Waals surface area contributed by atoms with Gasteiger partial charge < -0.3 is 23.9 Å². The lowest BCUT2D eigenvalue weighted by atomic mass is 9.95. The van der Waals surface area contributed by atoms with E-state index in [2.05, 4.69) is 4.98 Å². The molecule has 0 aliphatic rings. The Balaban J connectivity index is 2.21. The summed E-state index contributed by atoms with van der Waals surface area (Å²) in [4.78, 5) is 15.4. The van der Waals surface area contributed by atoms with E-state index in [1.54, 1.807) is 46.8 Å². The summed E-state index contributed by atoms with van der Waals surface area (Å²) in [5.74, 6) is 2.37. The van der Waals surface area contributed by atoms with Crippen molar-refractivity contribution in [1.29, 1.82) is 0 Å². The van der Waals surface area contributed by atoms with Gasteiger partial charge in [-0.15, -0.1) is 0 Å². The van der Waals surface area contributed by atoms with Gasteiger partial charge in [-0.05, 0) is 47.0 Å². The summed E-state index contributed by atoms with van der Waals surface area (Å²) in [6.07, 6.45) is 1.62. The Kier molecular flexibility index (Phi) is 5.35. The van der Waals surface area contributed by atoms with E-state index in [0.29, 0.717) is 28.6 Å². The predicted octanol–water partition coefficient (Wildman–Crippen LogP) is 3.74. The van der Waals surface area contributed by atoms with Crippen LogP contribution in [0.4, 0.5) is 0 Å². The number of hydrogen-bond donors (Lipinski definition) is 1. The molecule has 27 heavy (non-hydrogen) atoms. The van der Waals surface area contributed by atoms with Gasteiger partial charge in [0.05, 0.1) is 34.0 Å². The maximum atomic E-state index is 12.7. The predicted molar refractivity (Wildman–Crippen MR) is 104 cm³/mol. The van der Waals surface area contributed by atoms with Gasteiger partial charge in [-0.2, -0.15) is 0 Å². The average Bonchev–Trinajstić information content (AvgIpc) is 2.72. The van der Waals surface area contributed by atoms with E-state index in [1.807, 2.05) is 30.3 Å². The smallest absolute Gasteiger partial charge is 0.256 e. The van der Waals surface area contributed by atoms with Crippen LogP contribution in [0, 0.1) is 0 Å². The number of rotatable bonds is 6. The maximum Gasteiger partial charge on any atom is 0.256 e. The van der Waals surface area contributed by atoms with Crippen molar-refractivity contribution < 1.29 is 18.9 Å². The van der Waals surface area contributed by atoms with E-state index in [1.165, 1.54) is 0 Å². The minimum Gasteiger partial charge on any atom is -0.493 e. The molecule has 140 valence electrons. The van der Waals surface area contributed by atoms with E-state index in [9.17, 15) is 4.79 Å². The molecule has 2 aromatic carbocycles. The van der Waals surface area contributed by atoms with Crippen LogP contribution < -0.4 is 24.5 Å². The molecule has 1 N–H and O–H groups in total. The van der Waals surface area contributed by atoms with Gasteiger partial charge >= 0.3 is 0 Å². The van der Waals surface area contributed by atoms with E-state index >= 15 is 0 Å². The SMILES string of the molecule is COc1ccc(-c2cc[nH]c(=O)c2-c2ccc(OC)c(OC)c2)cc1OC. The first-order valence-corrected chi connectivity index (χ1v) is 8.29. The molecule has 0 aliphatic heterocycles. The Hall–Kier alpha value is -3.41. The van der Waals surface area contributed by atoms with Gasteiger partial charge in [-0.3, -0.25) is 4.79 Å². The third-order valence-electron chi connectivity index (χ3n) is 4.33. The van der Waals surface area contributed by atoms with Crippen LogP contribution in [0.5, 0.6) is 23.0 Å². The van der Waals surface area contributed by atoms with Gasteiger partial charge in [-0.25, -0.2) is 0 Å². The number of aromatic amines is 1. The van der Waals surface area contributed by atoms with Crippen LogP contribution in [0.25, 0.3) is 22.3 Å². The van der Waals surface area contributed by atoms with Gasteiger partial charge in [0.15, 0.2) is 23.0 Å². The van der Waals surface area contributed by atoms with E-state index in [-0.39, 0.29) is 5.56 Å². The highest BCUT2D eigenvalue weighted by Crippen LogP contribution is 2.37. The molecule has 6 heteroatoms. The van der Waals surface area contributed by atoms with Crippen LogP contribution in [0.3, 0.4) is 0 Å². The van der Waals surface area contributed by atoms with Crippen molar-refractivity contribution in [3.63, 3.8) is 0 Å². The van der Waals surface area contributed by atoms with Crippen LogP contribution >= 0.6 is 0 Å². The fraction of sp³-hybridized carbons (Fsp3) is 0.190. The van der Waals surface area contributed by atoms with Crippen LogP contribution in [0.1, 0.15) is 0 Å². The molecule has 0 aliphatic carbocycles. The molecule has 0 radical (unpaired) electrons. The Morgan fingerprint density at radius 2 is 1.19 bits per heavy atom. The summed E-state index contributed by atoms with van der Waals surface area (Å²) in [6, 6.07) is 12.8. The Morgan fingerprint density at radius 3 is 1.74 bits per heavy atom. The fourth-order valence-electron chi connectivity index (χ4n) is 3.00. The number of H-pyrrole nitrogens is 1. The minimum absolute atomic E-state index is 0.200. The number of hydrogen-bond acceptors (Lipinski definition) is 5. The van der Waals surface area contributed by atoms with Gasteiger partial charge in [-0.1, -0.05) is 12.1 Å². The minimum atomic E-state index is -0.200. The lowest BCUT2D eigenvalue weighted by Gasteiger charge is -2.14. The number of benzene rings is 2. The quantitative estimate of drug-likeness (QED) is 0.719. The number of aromatic nitrogens is 1. The fourth-order valence-corrected chi connectivity index (χ4v) is 3.00. The summed E-state index contributed by atoms with van der Waals surface area (Å²) >= 11 is 0.